The zero-order chi connectivity index (χ0) is 11.3. The first-order valence-electron chi connectivity index (χ1n) is 5.80. The number of hydrogen-bond acceptors (Lipinski definition) is 2. The average molecular weight is 213 g/mol. The Hall–Kier alpha value is -0.770. The smallest absolute Gasteiger partial charge is 0.314 e. The van der Waals surface area contributed by atoms with Crippen LogP contribution in [0.2, 0.25) is 0 Å². The van der Waals surface area contributed by atoms with Crippen molar-refractivity contribution < 1.29 is 4.79 Å². The molecule has 0 heterocycles. The average Bonchev–Trinajstić information content (AvgIpc) is 2.12. The van der Waals surface area contributed by atoms with Gasteiger partial charge in [-0.25, -0.2) is 4.79 Å². The van der Waals surface area contributed by atoms with Gasteiger partial charge in [0.2, 0.25) is 0 Å². The van der Waals surface area contributed by atoms with Crippen LogP contribution in [0.1, 0.15) is 32.6 Å². The minimum atomic E-state index is -0.0371. The number of urea groups is 1. The van der Waals surface area contributed by atoms with Crippen molar-refractivity contribution in [2.24, 2.45) is 0 Å². The van der Waals surface area contributed by atoms with Crippen LogP contribution in [0.15, 0.2) is 0 Å². The molecule has 0 unspecified atom stereocenters. The Bertz CT molecular complexity index is 212. The summed E-state index contributed by atoms with van der Waals surface area (Å²) < 4.78 is 0. The number of carbonyl (C=O) groups is 1. The summed E-state index contributed by atoms with van der Waals surface area (Å²) >= 11 is 0. The van der Waals surface area contributed by atoms with Crippen molar-refractivity contribution in [1.82, 2.24) is 15.5 Å². The van der Waals surface area contributed by atoms with Crippen LogP contribution in [0.5, 0.6) is 0 Å². The molecule has 4 heteroatoms. The Morgan fingerprint density at radius 2 is 2.00 bits per heavy atom. The van der Waals surface area contributed by atoms with Gasteiger partial charge < -0.3 is 15.5 Å². The zero-order valence-electron chi connectivity index (χ0n) is 10.1. The molecule has 0 radical (unpaired) electrons. The molecule has 1 fully saturated rings. The lowest BCUT2D eigenvalue weighted by Gasteiger charge is -2.47. The highest BCUT2D eigenvalue weighted by Crippen LogP contribution is 2.35. The molecule has 0 aromatic carbocycles. The Balaban J connectivity index is 2.25. The number of nitrogens with zero attached hydrogens (tertiary/aromatic N) is 1. The van der Waals surface area contributed by atoms with E-state index < -0.39 is 0 Å². The number of rotatable bonds is 5. The second-order valence-electron chi connectivity index (χ2n) is 4.58. The molecule has 0 aromatic rings. The van der Waals surface area contributed by atoms with Crippen molar-refractivity contribution in [2.75, 3.05) is 27.2 Å². The van der Waals surface area contributed by atoms with E-state index in [4.69, 9.17) is 0 Å². The van der Waals surface area contributed by atoms with Crippen molar-refractivity contribution in [1.29, 1.82) is 0 Å². The number of likely N-dealkylation sites (N-methyl/N-ethyl adjacent to an activating group) is 1. The quantitative estimate of drug-likeness (QED) is 0.720. The molecule has 0 bridgehead atoms. The van der Waals surface area contributed by atoms with Crippen LogP contribution in [0.25, 0.3) is 0 Å². The van der Waals surface area contributed by atoms with Crippen molar-refractivity contribution in [3.8, 4) is 0 Å². The molecule has 15 heavy (non-hydrogen) atoms. The lowest BCUT2D eigenvalue weighted by molar-refractivity contribution is 0.0625. The normalized spacial score (nSPS) is 18.4. The topological polar surface area (TPSA) is 44.4 Å². The van der Waals surface area contributed by atoms with Gasteiger partial charge in [-0.2, -0.15) is 0 Å². The first-order chi connectivity index (χ1) is 7.10. The third-order valence-corrected chi connectivity index (χ3v) is 3.35. The van der Waals surface area contributed by atoms with Gasteiger partial charge >= 0.3 is 6.03 Å². The van der Waals surface area contributed by atoms with E-state index in [1.54, 1.807) is 0 Å². The first-order valence-corrected chi connectivity index (χ1v) is 5.80. The number of carbonyl (C=O) groups excluding carboxylic acids is 1. The van der Waals surface area contributed by atoms with Crippen LogP contribution < -0.4 is 10.6 Å². The van der Waals surface area contributed by atoms with Gasteiger partial charge in [0.15, 0.2) is 0 Å². The molecule has 2 N–H and O–H groups in total. The van der Waals surface area contributed by atoms with E-state index in [9.17, 15) is 4.79 Å². The third-order valence-electron chi connectivity index (χ3n) is 3.35. The summed E-state index contributed by atoms with van der Waals surface area (Å²) in [5.74, 6) is 0. The second-order valence-corrected chi connectivity index (χ2v) is 4.58. The number of nitrogens with one attached hydrogen (secondary N) is 2. The van der Waals surface area contributed by atoms with Gasteiger partial charge in [-0.15, -0.1) is 0 Å². The fourth-order valence-corrected chi connectivity index (χ4v) is 1.91. The van der Waals surface area contributed by atoms with Gasteiger partial charge in [0.25, 0.3) is 0 Å². The number of hydrogen-bond donors (Lipinski definition) is 2. The summed E-state index contributed by atoms with van der Waals surface area (Å²) in [7, 11) is 4.18. The number of amides is 2. The van der Waals surface area contributed by atoms with Gasteiger partial charge in [-0.3, -0.25) is 0 Å². The Morgan fingerprint density at radius 3 is 2.40 bits per heavy atom. The highest BCUT2D eigenvalue weighted by Gasteiger charge is 2.39. The maximum atomic E-state index is 11.4. The fraction of sp³-hybridized carbons (Fsp3) is 0.909. The first kappa shape index (κ1) is 12.3. The maximum absolute atomic E-state index is 11.4. The van der Waals surface area contributed by atoms with Crippen LogP contribution in [-0.2, 0) is 0 Å². The van der Waals surface area contributed by atoms with Crippen molar-refractivity contribution in [3.63, 3.8) is 0 Å². The van der Waals surface area contributed by atoms with E-state index in [1.165, 1.54) is 19.3 Å². The molecule has 0 aliphatic heterocycles. The molecule has 0 aromatic heterocycles. The van der Waals surface area contributed by atoms with Crippen LogP contribution in [0.3, 0.4) is 0 Å². The molecule has 1 aliphatic carbocycles. The predicted octanol–water partition coefficient (Wildman–Crippen LogP) is 1.18. The van der Waals surface area contributed by atoms with Gasteiger partial charge in [-0.1, -0.05) is 6.92 Å². The highest BCUT2D eigenvalue weighted by molar-refractivity contribution is 5.73. The molecule has 1 saturated carbocycles. The summed E-state index contributed by atoms with van der Waals surface area (Å²) in [6, 6.07) is -0.0371. The molecule has 0 atom stereocenters. The summed E-state index contributed by atoms with van der Waals surface area (Å²) in [6.07, 6.45) is 4.63. The third kappa shape index (κ3) is 3.09. The Labute approximate surface area is 92.4 Å². The Morgan fingerprint density at radius 1 is 1.33 bits per heavy atom. The molecule has 1 aliphatic rings. The van der Waals surface area contributed by atoms with Crippen LogP contribution in [-0.4, -0.2) is 43.7 Å². The monoisotopic (exact) mass is 213 g/mol. The molecule has 4 nitrogen and oxygen atoms in total. The maximum Gasteiger partial charge on any atom is 0.314 e. The zero-order valence-corrected chi connectivity index (χ0v) is 10.1. The van der Waals surface area contributed by atoms with Crippen molar-refractivity contribution in [2.45, 2.75) is 38.1 Å². The second kappa shape index (κ2) is 5.35. The summed E-state index contributed by atoms with van der Waals surface area (Å²) in [4.78, 5) is 13.6. The molecular formula is C11H23N3O. The molecular weight excluding hydrogens is 190 g/mol. The SMILES string of the molecule is CCCNC(=O)NCC1(N(C)C)CCC1. The fourth-order valence-electron chi connectivity index (χ4n) is 1.91. The summed E-state index contributed by atoms with van der Waals surface area (Å²) in [6.45, 7) is 3.56. The summed E-state index contributed by atoms with van der Waals surface area (Å²) in [5.41, 5.74) is 0.212. The van der Waals surface area contributed by atoms with Crippen LogP contribution in [0, 0.1) is 0 Å². The van der Waals surface area contributed by atoms with Gasteiger partial charge in [0.1, 0.15) is 0 Å². The van der Waals surface area contributed by atoms with Crippen molar-refractivity contribution in [3.05, 3.63) is 0 Å². The van der Waals surface area contributed by atoms with Gasteiger partial charge in [0.05, 0.1) is 0 Å². The summed E-state index contributed by atoms with van der Waals surface area (Å²) in [5, 5.41) is 5.77. The van der Waals surface area contributed by atoms with Gasteiger partial charge in [0, 0.05) is 18.6 Å². The van der Waals surface area contributed by atoms with Crippen molar-refractivity contribution >= 4 is 6.03 Å². The molecule has 0 saturated heterocycles. The van der Waals surface area contributed by atoms with E-state index in [2.05, 4.69) is 29.6 Å². The highest BCUT2D eigenvalue weighted by atomic mass is 16.2. The predicted molar refractivity (Wildman–Crippen MR) is 62.0 cm³/mol. The molecule has 88 valence electrons. The minimum Gasteiger partial charge on any atom is -0.338 e. The lowest BCUT2D eigenvalue weighted by Crippen LogP contribution is -2.58. The molecule has 2 amide bonds. The Kier molecular flexibility index (Phi) is 4.39. The van der Waals surface area contributed by atoms with E-state index in [-0.39, 0.29) is 11.6 Å². The molecule has 0 spiro atoms. The molecule has 1 rings (SSSR count). The van der Waals surface area contributed by atoms with Crippen LogP contribution >= 0.6 is 0 Å². The van der Waals surface area contributed by atoms with Gasteiger partial charge in [-0.05, 0) is 39.8 Å². The standard InChI is InChI=1S/C11H23N3O/c1-4-8-12-10(15)13-9-11(14(2)3)6-5-7-11/h4-9H2,1-3H3,(H2,12,13,15). The minimum absolute atomic E-state index is 0.0371. The van der Waals surface area contributed by atoms with E-state index in [0.29, 0.717) is 0 Å². The van der Waals surface area contributed by atoms with E-state index in [0.717, 1.165) is 19.5 Å². The largest absolute Gasteiger partial charge is 0.338 e. The van der Waals surface area contributed by atoms with Crippen LogP contribution in [0.4, 0.5) is 4.79 Å². The van der Waals surface area contributed by atoms with E-state index in [1.807, 2.05) is 6.92 Å². The van der Waals surface area contributed by atoms with E-state index >= 15 is 0 Å². The lowest BCUT2D eigenvalue weighted by atomic mass is 9.75.